The summed E-state index contributed by atoms with van der Waals surface area (Å²) in [4.78, 5) is 25.9. The third-order valence-corrected chi connectivity index (χ3v) is 16.0. The van der Waals surface area contributed by atoms with Crippen molar-refractivity contribution in [3.8, 4) is 0 Å². The van der Waals surface area contributed by atoms with Crippen LogP contribution in [0.4, 0.5) is 4.39 Å². The third-order valence-electron chi connectivity index (χ3n) is 7.04. The monoisotopic (exact) mass is 474 g/mol. The summed E-state index contributed by atoms with van der Waals surface area (Å²) in [7, 11) is -4.43. The summed E-state index contributed by atoms with van der Waals surface area (Å²) in [5.74, 6) is 0. The molecule has 2 heterocycles. The normalized spacial score (nSPS) is 25.8. The average molecular weight is 475 g/mol. The second-order valence-electron chi connectivity index (χ2n) is 11.4. The quantitative estimate of drug-likeness (QED) is 0.625. The van der Waals surface area contributed by atoms with Gasteiger partial charge in [-0.3, -0.25) is 14.3 Å². The van der Waals surface area contributed by atoms with Crippen molar-refractivity contribution in [1.82, 2.24) is 9.55 Å². The molecule has 1 aliphatic rings. The molecule has 2 rings (SSSR count). The van der Waals surface area contributed by atoms with Gasteiger partial charge in [0, 0.05) is 12.3 Å². The molecule has 1 aromatic rings. The lowest BCUT2D eigenvalue weighted by molar-refractivity contribution is -0.0455. The first kappa shape index (κ1) is 26.2. The molecule has 1 aromatic heterocycles. The highest BCUT2D eigenvalue weighted by Gasteiger charge is 2.52. The van der Waals surface area contributed by atoms with Gasteiger partial charge in [-0.2, -0.15) is 0 Å². The van der Waals surface area contributed by atoms with E-state index in [1.54, 1.807) is 0 Å². The lowest BCUT2D eigenvalue weighted by Gasteiger charge is -2.40. The molecule has 0 aromatic carbocycles. The van der Waals surface area contributed by atoms with Crippen LogP contribution < -0.4 is 11.2 Å². The van der Waals surface area contributed by atoms with E-state index < -0.39 is 52.5 Å². The van der Waals surface area contributed by atoms with Gasteiger partial charge < -0.3 is 13.6 Å². The van der Waals surface area contributed by atoms with Crippen LogP contribution >= 0.6 is 0 Å². The Bertz CT molecular complexity index is 885. The fourth-order valence-electron chi connectivity index (χ4n) is 2.84. The van der Waals surface area contributed by atoms with Crippen molar-refractivity contribution in [2.24, 2.45) is 0 Å². The molecule has 1 N–H and O–H groups in total. The third kappa shape index (κ3) is 5.65. The number of nitrogens with one attached hydrogen (secondary N) is 1. The van der Waals surface area contributed by atoms with Crippen molar-refractivity contribution < 1.29 is 18.0 Å². The summed E-state index contributed by atoms with van der Waals surface area (Å²) in [5, 5.41) is -0.129. The second kappa shape index (κ2) is 8.70. The Balaban J connectivity index is 2.37. The van der Waals surface area contributed by atoms with Crippen LogP contribution in [0.3, 0.4) is 0 Å². The van der Waals surface area contributed by atoms with Crippen LogP contribution in [0.5, 0.6) is 0 Å². The maximum Gasteiger partial charge on any atom is 0.330 e. The summed E-state index contributed by atoms with van der Waals surface area (Å²) < 4.78 is 35.6. The zero-order valence-electron chi connectivity index (χ0n) is 20.5. The number of aromatic nitrogens is 2. The number of ether oxygens (including phenoxy) is 1. The van der Waals surface area contributed by atoms with Crippen molar-refractivity contribution in [1.29, 1.82) is 0 Å². The molecule has 10 heteroatoms. The van der Waals surface area contributed by atoms with Crippen molar-refractivity contribution in [2.75, 3.05) is 6.61 Å². The van der Waals surface area contributed by atoms with Gasteiger partial charge in [0.25, 0.3) is 5.56 Å². The number of hydrogen-bond acceptors (Lipinski definition) is 5. The number of nitrogens with zero attached hydrogens (tertiary/aromatic N) is 1. The molecule has 1 saturated heterocycles. The number of H-pyrrole nitrogens is 1. The van der Waals surface area contributed by atoms with Crippen LogP contribution in [0.15, 0.2) is 21.9 Å². The predicted octanol–water partition coefficient (Wildman–Crippen LogP) is 4.18. The van der Waals surface area contributed by atoms with Gasteiger partial charge >= 0.3 is 5.69 Å². The van der Waals surface area contributed by atoms with E-state index in [1.165, 1.54) is 12.3 Å². The Hall–Kier alpha value is -1.08. The molecule has 178 valence electrons. The second-order valence-corrected chi connectivity index (χ2v) is 21.0. The van der Waals surface area contributed by atoms with E-state index in [4.69, 9.17) is 13.6 Å². The standard InChI is InChI=1S/C21H39FN2O5Si2/c1-20(2,3)30(7,8)27-13-14-17(29-31(9,10)21(4,5)6)16(22)18(28-14)24-12-11-15(25)23-19(24)26/h11-12,14,16-18H,13H2,1-10H3,(H,23,25,26)/t14-,16-,17-,18-/m1/s1. The number of halogens is 1. The van der Waals surface area contributed by atoms with Crippen molar-refractivity contribution in [3.63, 3.8) is 0 Å². The van der Waals surface area contributed by atoms with E-state index in [0.717, 1.165) is 4.57 Å². The van der Waals surface area contributed by atoms with Gasteiger partial charge in [-0.25, -0.2) is 9.18 Å². The Morgan fingerprint density at radius 1 is 1.06 bits per heavy atom. The van der Waals surface area contributed by atoms with Crippen LogP contribution in [0.25, 0.3) is 0 Å². The van der Waals surface area contributed by atoms with E-state index in [9.17, 15) is 9.59 Å². The molecular weight excluding hydrogens is 435 g/mol. The molecule has 1 aliphatic heterocycles. The molecule has 0 aliphatic carbocycles. The van der Waals surface area contributed by atoms with E-state index in [-0.39, 0.29) is 16.7 Å². The smallest absolute Gasteiger partial charge is 0.330 e. The fourth-order valence-corrected chi connectivity index (χ4v) is 5.17. The molecule has 1 fully saturated rings. The van der Waals surface area contributed by atoms with E-state index in [1.807, 2.05) is 0 Å². The topological polar surface area (TPSA) is 82.5 Å². The zero-order valence-corrected chi connectivity index (χ0v) is 22.5. The largest absolute Gasteiger partial charge is 0.414 e. The van der Waals surface area contributed by atoms with Gasteiger partial charge in [0.05, 0.1) is 6.61 Å². The number of hydrogen-bond donors (Lipinski definition) is 1. The van der Waals surface area contributed by atoms with Crippen LogP contribution in [0, 0.1) is 0 Å². The van der Waals surface area contributed by atoms with E-state index in [2.05, 4.69) is 72.7 Å². The molecule has 0 spiro atoms. The molecule has 7 nitrogen and oxygen atoms in total. The predicted molar refractivity (Wildman–Crippen MR) is 125 cm³/mol. The minimum absolute atomic E-state index is 0.00817. The highest BCUT2D eigenvalue weighted by molar-refractivity contribution is 6.74. The van der Waals surface area contributed by atoms with Crippen LogP contribution in [-0.2, 0) is 13.6 Å². The highest BCUT2D eigenvalue weighted by atomic mass is 28.4. The summed E-state index contributed by atoms with van der Waals surface area (Å²) >= 11 is 0. The summed E-state index contributed by atoms with van der Waals surface area (Å²) in [5.41, 5.74) is -1.25. The first-order valence-electron chi connectivity index (χ1n) is 10.8. The van der Waals surface area contributed by atoms with Crippen molar-refractivity contribution in [3.05, 3.63) is 33.1 Å². The Kier molecular flexibility index (Phi) is 7.34. The first-order valence-corrected chi connectivity index (χ1v) is 16.6. The van der Waals surface area contributed by atoms with E-state index in [0.29, 0.717) is 0 Å². The number of rotatable bonds is 6. The molecule has 0 unspecified atom stereocenters. The average Bonchev–Trinajstić information content (AvgIpc) is 2.87. The molecule has 0 saturated carbocycles. The molecule has 0 bridgehead atoms. The van der Waals surface area contributed by atoms with Crippen LogP contribution in [0.1, 0.15) is 47.8 Å². The summed E-state index contributed by atoms with van der Waals surface area (Å²) in [6, 6.07) is 1.18. The van der Waals surface area contributed by atoms with Gasteiger partial charge in [0.2, 0.25) is 0 Å². The Morgan fingerprint density at radius 3 is 2.10 bits per heavy atom. The Morgan fingerprint density at radius 2 is 1.61 bits per heavy atom. The zero-order chi connectivity index (χ0) is 24.0. The molecule has 4 atom stereocenters. The van der Waals surface area contributed by atoms with Gasteiger partial charge in [-0.1, -0.05) is 41.5 Å². The van der Waals surface area contributed by atoms with Crippen molar-refractivity contribution >= 4 is 16.6 Å². The number of alkyl halides is 1. The SMILES string of the molecule is CC(C)(C)[Si](C)(C)OC[C@H]1O[C@@H](n2ccc(=O)[nH]c2=O)[C@H](F)[C@@H]1O[Si](C)(C)C(C)(C)C. The summed E-state index contributed by atoms with van der Waals surface area (Å²) in [6.45, 7) is 21.2. The lowest BCUT2D eigenvalue weighted by atomic mass is 10.1. The van der Waals surface area contributed by atoms with Gasteiger partial charge in [0.1, 0.15) is 12.2 Å². The molecular formula is C21H39FN2O5Si2. The maximum atomic E-state index is 15.7. The Labute approximate surface area is 186 Å². The van der Waals surface area contributed by atoms with Gasteiger partial charge in [0.15, 0.2) is 29.0 Å². The lowest BCUT2D eigenvalue weighted by Crippen LogP contribution is -2.50. The number of aromatic amines is 1. The van der Waals surface area contributed by atoms with Crippen molar-refractivity contribution in [2.45, 2.75) is 102 Å². The maximum absolute atomic E-state index is 15.7. The van der Waals surface area contributed by atoms with Gasteiger partial charge in [-0.05, 0) is 36.3 Å². The molecule has 0 amide bonds. The molecule has 0 radical (unpaired) electrons. The highest BCUT2D eigenvalue weighted by Crippen LogP contribution is 2.43. The summed E-state index contributed by atoms with van der Waals surface area (Å²) in [6.07, 6.45) is -3.03. The minimum atomic E-state index is -2.33. The molecule has 31 heavy (non-hydrogen) atoms. The van der Waals surface area contributed by atoms with E-state index >= 15 is 4.39 Å². The minimum Gasteiger partial charge on any atom is -0.414 e. The fraction of sp³-hybridized carbons (Fsp3) is 0.810. The van der Waals surface area contributed by atoms with Crippen LogP contribution in [0.2, 0.25) is 36.3 Å². The van der Waals surface area contributed by atoms with Crippen LogP contribution in [-0.4, -0.2) is 51.2 Å². The van der Waals surface area contributed by atoms with Gasteiger partial charge in [-0.15, -0.1) is 0 Å². The first-order chi connectivity index (χ1) is 13.9.